The molecule has 0 amide bonds. The molecule has 0 aromatic rings. The van der Waals surface area contributed by atoms with E-state index in [0.29, 0.717) is 0 Å². The lowest BCUT2D eigenvalue weighted by Gasteiger charge is -1.89. The number of hydrogen-bond donors (Lipinski definition) is 1. The molecule has 0 saturated heterocycles. The Hall–Kier alpha value is 0.210. The second-order valence-corrected chi connectivity index (χ2v) is 0.847. The van der Waals surface area contributed by atoms with Gasteiger partial charge < -0.3 is 5.21 Å². The van der Waals surface area contributed by atoms with Crippen LogP contribution in [0.5, 0.6) is 0 Å². The Labute approximate surface area is 51.5 Å². The molecule has 0 bridgehead atoms. The summed E-state index contributed by atoms with van der Waals surface area (Å²) in [6.07, 6.45) is 0. The lowest BCUT2D eigenvalue weighted by molar-refractivity contribution is -0.0372. The van der Waals surface area contributed by atoms with Crippen LogP contribution in [0.1, 0.15) is 13.8 Å². The fourth-order valence-electron chi connectivity index (χ4n) is 0. The van der Waals surface area contributed by atoms with Gasteiger partial charge in [-0.1, -0.05) is 13.8 Å². The van der Waals surface area contributed by atoms with Crippen LogP contribution in [0, 0.1) is 0 Å². The zero-order valence-corrected chi connectivity index (χ0v) is 6.12. The van der Waals surface area contributed by atoms with Crippen LogP contribution in [0.15, 0.2) is 0 Å². The number of halogens is 1. The van der Waals surface area contributed by atoms with Crippen molar-refractivity contribution in [2.45, 2.75) is 13.8 Å². The monoisotopic (exact) mass is 127 g/mol. The predicted molar refractivity (Wildman–Crippen MR) is 34.1 cm³/mol. The molecule has 3 heteroatoms. The van der Waals surface area contributed by atoms with Crippen LogP contribution in [0.25, 0.3) is 0 Å². The fourth-order valence-corrected chi connectivity index (χ4v) is 0. The Morgan fingerprint density at radius 2 is 1.14 bits per heavy atom. The average molecular weight is 128 g/mol. The first-order valence-corrected chi connectivity index (χ1v) is 2.09. The van der Waals surface area contributed by atoms with Gasteiger partial charge in [0, 0.05) is 14.1 Å². The molecule has 7 heavy (non-hydrogen) atoms. The molecule has 0 fully saturated rings. The van der Waals surface area contributed by atoms with Gasteiger partial charge in [0.2, 0.25) is 0 Å². The average Bonchev–Trinajstić information content (AvgIpc) is 1.41. The molecule has 0 aromatic carbocycles. The van der Waals surface area contributed by atoms with E-state index in [9.17, 15) is 0 Å². The lowest BCUT2D eigenvalue weighted by Crippen LogP contribution is -2.01. The van der Waals surface area contributed by atoms with Gasteiger partial charge in [-0.05, 0) is 0 Å². The Kier molecular flexibility index (Phi) is 36.7. The molecule has 0 rings (SSSR count). The third-order valence-corrected chi connectivity index (χ3v) is 0. The summed E-state index contributed by atoms with van der Waals surface area (Å²) >= 11 is 0. The van der Waals surface area contributed by atoms with E-state index in [-0.39, 0.29) is 12.4 Å². The molecule has 0 aromatic heterocycles. The lowest BCUT2D eigenvalue weighted by atomic mass is 11.0. The summed E-state index contributed by atoms with van der Waals surface area (Å²) in [4.78, 5) is 0. The summed E-state index contributed by atoms with van der Waals surface area (Å²) in [5.74, 6) is 0. The van der Waals surface area contributed by atoms with Gasteiger partial charge in [-0.2, -0.15) is 5.06 Å². The maximum absolute atomic E-state index is 7.89. The zero-order valence-electron chi connectivity index (χ0n) is 5.30. The third kappa shape index (κ3) is 2500. The SMILES string of the molecule is CC.CN(C)O.Cl. The molecular formula is C4H14ClNO. The van der Waals surface area contributed by atoms with Gasteiger partial charge in [0.1, 0.15) is 0 Å². The summed E-state index contributed by atoms with van der Waals surface area (Å²) in [7, 11) is 3.11. The van der Waals surface area contributed by atoms with E-state index in [1.165, 1.54) is 0 Å². The molecule has 2 nitrogen and oxygen atoms in total. The summed E-state index contributed by atoms with van der Waals surface area (Å²) in [5.41, 5.74) is 0. The molecule has 0 atom stereocenters. The Bertz CT molecular complexity index is 16.4. The largest absolute Gasteiger partial charge is 0.315 e. The molecule has 0 aliphatic heterocycles. The molecule has 0 aliphatic rings. The Balaban J connectivity index is -0.0000000480. The summed E-state index contributed by atoms with van der Waals surface area (Å²) in [6.45, 7) is 4.00. The molecule has 48 valence electrons. The topological polar surface area (TPSA) is 23.5 Å². The third-order valence-electron chi connectivity index (χ3n) is 0. The molecular weight excluding hydrogens is 114 g/mol. The highest BCUT2D eigenvalue weighted by Crippen LogP contribution is 1.46. The predicted octanol–water partition coefficient (Wildman–Crippen LogP) is 1.39. The van der Waals surface area contributed by atoms with Gasteiger partial charge in [-0.3, -0.25) is 0 Å². The highest BCUT2D eigenvalue weighted by molar-refractivity contribution is 5.85. The van der Waals surface area contributed by atoms with Crippen LogP contribution < -0.4 is 0 Å². The number of hydrogen-bond acceptors (Lipinski definition) is 2. The van der Waals surface area contributed by atoms with Crippen LogP contribution in [0.4, 0.5) is 0 Å². The first-order chi connectivity index (χ1) is 2.73. The minimum atomic E-state index is 0. The first-order valence-electron chi connectivity index (χ1n) is 2.09. The van der Waals surface area contributed by atoms with E-state index in [2.05, 4.69) is 0 Å². The van der Waals surface area contributed by atoms with Crippen molar-refractivity contribution >= 4 is 12.4 Å². The van der Waals surface area contributed by atoms with E-state index in [1.54, 1.807) is 14.1 Å². The van der Waals surface area contributed by atoms with Gasteiger partial charge in [0.15, 0.2) is 0 Å². The van der Waals surface area contributed by atoms with Gasteiger partial charge in [-0.15, -0.1) is 12.4 Å². The summed E-state index contributed by atoms with van der Waals surface area (Å²) in [5, 5.41) is 8.89. The van der Waals surface area contributed by atoms with E-state index >= 15 is 0 Å². The highest BCUT2D eigenvalue weighted by atomic mass is 35.5. The second kappa shape index (κ2) is 16.4. The van der Waals surface area contributed by atoms with Gasteiger partial charge >= 0.3 is 0 Å². The van der Waals surface area contributed by atoms with E-state index < -0.39 is 0 Å². The molecule has 0 spiro atoms. The molecule has 0 heterocycles. The standard InChI is InChI=1S/C2H7NO.C2H6.ClH/c1-3(2)4;1-2;/h4H,1-2H3;1-2H3;1H. The summed E-state index contributed by atoms with van der Waals surface area (Å²) < 4.78 is 0. The number of rotatable bonds is 0. The number of nitrogens with zero attached hydrogens (tertiary/aromatic N) is 1. The Morgan fingerprint density at radius 3 is 1.14 bits per heavy atom. The van der Waals surface area contributed by atoms with Crippen LogP contribution >= 0.6 is 12.4 Å². The fraction of sp³-hybridized carbons (Fsp3) is 1.00. The van der Waals surface area contributed by atoms with E-state index in [4.69, 9.17) is 5.21 Å². The van der Waals surface area contributed by atoms with Crippen LogP contribution in [-0.4, -0.2) is 24.4 Å². The van der Waals surface area contributed by atoms with Crippen molar-refractivity contribution in [3.05, 3.63) is 0 Å². The summed E-state index contributed by atoms with van der Waals surface area (Å²) in [6, 6.07) is 0. The molecule has 0 saturated carbocycles. The molecule has 1 N–H and O–H groups in total. The van der Waals surface area contributed by atoms with Crippen molar-refractivity contribution in [3.8, 4) is 0 Å². The van der Waals surface area contributed by atoms with Crippen LogP contribution in [0.3, 0.4) is 0 Å². The second-order valence-electron chi connectivity index (χ2n) is 0.847. The minimum Gasteiger partial charge on any atom is -0.315 e. The smallest absolute Gasteiger partial charge is 0.0121 e. The van der Waals surface area contributed by atoms with Crippen LogP contribution in [0.2, 0.25) is 0 Å². The van der Waals surface area contributed by atoms with Crippen molar-refractivity contribution in [2.75, 3.05) is 14.1 Å². The zero-order chi connectivity index (χ0) is 5.58. The molecule has 0 radical (unpaired) electrons. The van der Waals surface area contributed by atoms with E-state index in [1.807, 2.05) is 13.8 Å². The Morgan fingerprint density at radius 1 is 1.14 bits per heavy atom. The highest BCUT2D eigenvalue weighted by Gasteiger charge is 1.59. The van der Waals surface area contributed by atoms with E-state index in [0.717, 1.165) is 5.06 Å². The quantitative estimate of drug-likeness (QED) is 0.497. The van der Waals surface area contributed by atoms with Gasteiger partial charge in [-0.25, -0.2) is 0 Å². The normalized spacial score (nSPS) is 6.00. The van der Waals surface area contributed by atoms with Crippen molar-refractivity contribution < 1.29 is 5.21 Å². The van der Waals surface area contributed by atoms with Crippen LogP contribution in [-0.2, 0) is 0 Å². The molecule has 0 unspecified atom stereocenters. The maximum Gasteiger partial charge on any atom is 0.0121 e. The van der Waals surface area contributed by atoms with Crippen molar-refractivity contribution in [1.29, 1.82) is 0 Å². The van der Waals surface area contributed by atoms with Gasteiger partial charge in [0.05, 0.1) is 0 Å². The number of hydroxylamine groups is 2. The van der Waals surface area contributed by atoms with Crippen molar-refractivity contribution in [2.24, 2.45) is 0 Å². The minimum absolute atomic E-state index is 0. The van der Waals surface area contributed by atoms with Crippen molar-refractivity contribution in [1.82, 2.24) is 5.06 Å². The first kappa shape index (κ1) is 15.7. The molecule has 0 aliphatic carbocycles. The maximum atomic E-state index is 7.89. The van der Waals surface area contributed by atoms with Crippen molar-refractivity contribution in [3.63, 3.8) is 0 Å². The van der Waals surface area contributed by atoms with Gasteiger partial charge in [0.25, 0.3) is 0 Å².